The van der Waals surface area contributed by atoms with Gasteiger partial charge in [0.15, 0.2) is 0 Å². The van der Waals surface area contributed by atoms with Gasteiger partial charge in [-0.3, -0.25) is 14.8 Å². The molecule has 6 heteroatoms. The lowest BCUT2D eigenvalue weighted by molar-refractivity contribution is -0.118. The molecule has 0 aliphatic carbocycles. The molecular weight excluding hydrogens is 258 g/mol. The fourth-order valence-electron chi connectivity index (χ4n) is 2.62. The van der Waals surface area contributed by atoms with Gasteiger partial charge in [-0.2, -0.15) is 0 Å². The van der Waals surface area contributed by atoms with Crippen molar-refractivity contribution >= 4 is 23.2 Å². The van der Waals surface area contributed by atoms with Crippen LogP contribution < -0.4 is 15.7 Å². The molecule has 0 radical (unpaired) electrons. The second-order valence-electron chi connectivity index (χ2n) is 5.14. The van der Waals surface area contributed by atoms with Crippen LogP contribution in [0.3, 0.4) is 0 Å². The Morgan fingerprint density at radius 1 is 1.50 bits per heavy atom. The Morgan fingerprint density at radius 2 is 2.20 bits per heavy atom. The maximum absolute atomic E-state index is 12.2. The molecule has 0 saturated carbocycles. The van der Waals surface area contributed by atoms with E-state index in [2.05, 4.69) is 5.32 Å². The summed E-state index contributed by atoms with van der Waals surface area (Å²) in [5.41, 5.74) is 3.36. The number of rotatable bonds is 3. The maximum atomic E-state index is 12.2. The van der Waals surface area contributed by atoms with Gasteiger partial charge >= 0.3 is 0 Å². The van der Waals surface area contributed by atoms with E-state index in [1.165, 1.54) is 0 Å². The molecule has 2 amide bonds. The summed E-state index contributed by atoms with van der Waals surface area (Å²) >= 11 is 0. The molecule has 6 nitrogen and oxygen atoms in total. The van der Waals surface area contributed by atoms with Gasteiger partial charge in [-0.25, -0.2) is 5.48 Å². The van der Waals surface area contributed by atoms with E-state index in [4.69, 9.17) is 5.21 Å². The number of likely N-dealkylation sites (N-methyl/N-ethyl adjacent to an activating group) is 1. The SMILES string of the molecule is CCN1c2ccc(C(=O)NO)cc2NC(=O)[C@@H]1C(C)C. The topological polar surface area (TPSA) is 81.7 Å². The molecule has 20 heavy (non-hydrogen) atoms. The zero-order chi connectivity index (χ0) is 14.9. The van der Waals surface area contributed by atoms with Crippen LogP contribution in [-0.4, -0.2) is 29.6 Å². The molecule has 0 unspecified atom stereocenters. The first kappa shape index (κ1) is 14.3. The number of hydrogen-bond donors (Lipinski definition) is 3. The van der Waals surface area contributed by atoms with Crippen molar-refractivity contribution in [3.8, 4) is 0 Å². The van der Waals surface area contributed by atoms with Gasteiger partial charge in [0.1, 0.15) is 6.04 Å². The summed E-state index contributed by atoms with van der Waals surface area (Å²) in [5, 5.41) is 11.5. The number of carbonyl (C=O) groups is 2. The first-order chi connectivity index (χ1) is 9.49. The standard InChI is InChI=1S/C14H19N3O3/c1-4-17-11-6-5-9(13(18)16-20)7-10(11)15-14(19)12(17)8(2)3/h5-8,12,20H,4H2,1-3H3,(H,15,19)(H,16,18)/t12-/m0/s1. The highest BCUT2D eigenvalue weighted by Crippen LogP contribution is 2.34. The zero-order valence-corrected chi connectivity index (χ0v) is 11.8. The van der Waals surface area contributed by atoms with E-state index in [1.54, 1.807) is 23.7 Å². The van der Waals surface area contributed by atoms with Crippen LogP contribution in [0.4, 0.5) is 11.4 Å². The molecule has 0 bridgehead atoms. The highest BCUT2D eigenvalue weighted by Gasteiger charge is 2.34. The van der Waals surface area contributed by atoms with Gasteiger partial charge in [0.2, 0.25) is 5.91 Å². The van der Waals surface area contributed by atoms with Gasteiger partial charge in [-0.05, 0) is 31.0 Å². The van der Waals surface area contributed by atoms with Gasteiger partial charge in [-0.1, -0.05) is 13.8 Å². The Balaban J connectivity index is 2.45. The van der Waals surface area contributed by atoms with Crippen molar-refractivity contribution < 1.29 is 14.8 Å². The fraction of sp³-hybridized carbons (Fsp3) is 0.429. The fourth-order valence-corrected chi connectivity index (χ4v) is 2.62. The van der Waals surface area contributed by atoms with Crippen molar-refractivity contribution in [3.05, 3.63) is 23.8 Å². The van der Waals surface area contributed by atoms with Crippen molar-refractivity contribution in [3.63, 3.8) is 0 Å². The molecule has 108 valence electrons. The molecule has 0 spiro atoms. The summed E-state index contributed by atoms with van der Waals surface area (Å²) in [6.07, 6.45) is 0. The number of hydrogen-bond acceptors (Lipinski definition) is 4. The quantitative estimate of drug-likeness (QED) is 0.579. The van der Waals surface area contributed by atoms with E-state index in [1.807, 2.05) is 25.7 Å². The number of anilines is 2. The third-order valence-corrected chi connectivity index (χ3v) is 3.50. The average molecular weight is 277 g/mol. The minimum atomic E-state index is -0.601. The number of nitrogens with one attached hydrogen (secondary N) is 2. The van der Waals surface area contributed by atoms with E-state index in [0.29, 0.717) is 17.8 Å². The first-order valence-corrected chi connectivity index (χ1v) is 6.65. The Bertz CT molecular complexity index is 542. The van der Waals surface area contributed by atoms with Crippen molar-refractivity contribution in [1.82, 2.24) is 5.48 Å². The minimum absolute atomic E-state index is 0.0732. The molecule has 1 atom stereocenters. The van der Waals surface area contributed by atoms with Crippen LogP contribution in [0.25, 0.3) is 0 Å². The van der Waals surface area contributed by atoms with Crippen molar-refractivity contribution in [2.24, 2.45) is 5.92 Å². The highest BCUT2D eigenvalue weighted by molar-refractivity contribution is 6.05. The Labute approximate surface area is 117 Å². The predicted octanol–water partition coefficient (Wildman–Crippen LogP) is 1.61. The van der Waals surface area contributed by atoms with Crippen LogP contribution in [0.2, 0.25) is 0 Å². The van der Waals surface area contributed by atoms with Crippen molar-refractivity contribution in [1.29, 1.82) is 0 Å². The Kier molecular flexibility index (Phi) is 3.94. The first-order valence-electron chi connectivity index (χ1n) is 6.65. The van der Waals surface area contributed by atoms with Gasteiger partial charge in [0, 0.05) is 12.1 Å². The largest absolute Gasteiger partial charge is 0.358 e. The van der Waals surface area contributed by atoms with E-state index >= 15 is 0 Å². The van der Waals surface area contributed by atoms with Crippen LogP contribution in [-0.2, 0) is 4.79 Å². The lowest BCUT2D eigenvalue weighted by atomic mass is 9.97. The summed E-state index contributed by atoms with van der Waals surface area (Å²) < 4.78 is 0. The van der Waals surface area contributed by atoms with Crippen LogP contribution in [0.1, 0.15) is 31.1 Å². The molecular formula is C14H19N3O3. The highest BCUT2D eigenvalue weighted by atomic mass is 16.5. The lowest BCUT2D eigenvalue weighted by Crippen LogP contribution is -2.51. The van der Waals surface area contributed by atoms with E-state index in [-0.39, 0.29) is 17.9 Å². The zero-order valence-electron chi connectivity index (χ0n) is 11.8. The van der Waals surface area contributed by atoms with Gasteiger partial charge in [-0.15, -0.1) is 0 Å². The molecule has 0 fully saturated rings. The number of carbonyl (C=O) groups excluding carboxylic acids is 2. The van der Waals surface area contributed by atoms with Gasteiger partial charge < -0.3 is 10.2 Å². The predicted molar refractivity (Wildman–Crippen MR) is 76.0 cm³/mol. The third-order valence-electron chi connectivity index (χ3n) is 3.50. The molecule has 0 aromatic heterocycles. The van der Waals surface area contributed by atoms with Gasteiger partial charge in [0.05, 0.1) is 11.4 Å². The molecule has 1 aromatic carbocycles. The molecule has 2 rings (SSSR count). The second kappa shape index (κ2) is 5.50. The summed E-state index contributed by atoms with van der Waals surface area (Å²) in [6, 6.07) is 4.77. The Hall–Kier alpha value is -2.08. The monoisotopic (exact) mass is 277 g/mol. The van der Waals surface area contributed by atoms with Crippen molar-refractivity contribution in [2.45, 2.75) is 26.8 Å². The average Bonchev–Trinajstić information content (AvgIpc) is 2.43. The van der Waals surface area contributed by atoms with Crippen LogP contribution in [0, 0.1) is 5.92 Å². The molecule has 1 aromatic rings. The molecule has 1 aliphatic rings. The van der Waals surface area contributed by atoms with Crippen LogP contribution >= 0.6 is 0 Å². The smallest absolute Gasteiger partial charge is 0.274 e. The normalized spacial score (nSPS) is 17.8. The number of benzene rings is 1. The number of amides is 2. The van der Waals surface area contributed by atoms with E-state index in [9.17, 15) is 9.59 Å². The summed E-state index contributed by atoms with van der Waals surface area (Å²) in [4.78, 5) is 25.7. The maximum Gasteiger partial charge on any atom is 0.274 e. The molecule has 0 saturated heterocycles. The molecule has 1 aliphatic heterocycles. The summed E-state index contributed by atoms with van der Waals surface area (Å²) in [7, 11) is 0. The van der Waals surface area contributed by atoms with Gasteiger partial charge in [0.25, 0.3) is 5.91 Å². The molecule has 1 heterocycles. The minimum Gasteiger partial charge on any atom is -0.358 e. The number of hydroxylamine groups is 1. The van der Waals surface area contributed by atoms with Crippen LogP contribution in [0.15, 0.2) is 18.2 Å². The van der Waals surface area contributed by atoms with Crippen molar-refractivity contribution in [2.75, 3.05) is 16.8 Å². The number of nitrogens with zero attached hydrogens (tertiary/aromatic N) is 1. The summed E-state index contributed by atoms with van der Waals surface area (Å²) in [6.45, 7) is 6.71. The number of fused-ring (bicyclic) bond motifs is 1. The van der Waals surface area contributed by atoms with E-state index < -0.39 is 5.91 Å². The second-order valence-corrected chi connectivity index (χ2v) is 5.14. The third kappa shape index (κ3) is 2.34. The van der Waals surface area contributed by atoms with Crippen LogP contribution in [0.5, 0.6) is 0 Å². The molecule has 3 N–H and O–H groups in total. The lowest BCUT2D eigenvalue weighted by Gasteiger charge is -2.39. The van der Waals surface area contributed by atoms with E-state index in [0.717, 1.165) is 5.69 Å². The summed E-state index contributed by atoms with van der Waals surface area (Å²) in [5.74, 6) is -0.490. The Morgan fingerprint density at radius 3 is 2.75 bits per heavy atom.